The maximum absolute atomic E-state index is 12.6. The van der Waals surface area contributed by atoms with Crippen molar-refractivity contribution in [3.8, 4) is 0 Å². The fourth-order valence-corrected chi connectivity index (χ4v) is 2.29. The van der Waals surface area contributed by atoms with Crippen LogP contribution in [0.15, 0.2) is 35.0 Å². The van der Waals surface area contributed by atoms with Crippen LogP contribution >= 0.6 is 0 Å². The van der Waals surface area contributed by atoms with E-state index in [0.717, 1.165) is 29.9 Å². The predicted molar refractivity (Wildman–Crippen MR) is 71.1 cm³/mol. The van der Waals surface area contributed by atoms with Crippen LogP contribution < -0.4 is 10.2 Å². The molecule has 0 radical (unpaired) electrons. The summed E-state index contributed by atoms with van der Waals surface area (Å²) in [6.45, 7) is 3.98. The van der Waals surface area contributed by atoms with Gasteiger partial charge >= 0.3 is 0 Å². The molecule has 0 fully saturated rings. The maximum Gasteiger partial charge on any atom is 0.297 e. The van der Waals surface area contributed by atoms with Crippen molar-refractivity contribution in [1.29, 1.82) is 0 Å². The number of hydrogen-bond donors (Lipinski definition) is 1. The third-order valence-electron chi connectivity index (χ3n) is 3.30. The van der Waals surface area contributed by atoms with E-state index in [0.29, 0.717) is 12.3 Å². The zero-order chi connectivity index (χ0) is 13.2. The smallest absolute Gasteiger partial charge is 0.297 e. The van der Waals surface area contributed by atoms with E-state index in [1.54, 1.807) is 11.1 Å². The maximum atomic E-state index is 12.6. The Hall–Kier alpha value is -2.14. The van der Waals surface area contributed by atoms with E-state index in [4.69, 9.17) is 4.52 Å². The molecule has 0 aliphatic carbocycles. The second kappa shape index (κ2) is 4.85. The predicted octanol–water partition coefficient (Wildman–Crippen LogP) is 1.73. The summed E-state index contributed by atoms with van der Waals surface area (Å²) in [6, 6.07) is 7.92. The van der Waals surface area contributed by atoms with Gasteiger partial charge in [-0.15, -0.1) is 0 Å². The van der Waals surface area contributed by atoms with Gasteiger partial charge in [0.25, 0.3) is 5.91 Å². The first kappa shape index (κ1) is 11.9. The molecule has 1 aromatic heterocycles. The number of para-hydroxylation sites is 1. The highest BCUT2D eigenvalue weighted by Crippen LogP contribution is 2.24. The number of carbonyl (C=O) groups is 1. The molecule has 0 saturated carbocycles. The molecule has 2 aromatic rings. The molecule has 1 aliphatic heterocycles. The molecule has 0 unspecified atom stereocenters. The number of benzene rings is 1. The van der Waals surface area contributed by atoms with Gasteiger partial charge in [0.1, 0.15) is 0 Å². The number of nitrogens with zero attached hydrogens (tertiary/aromatic N) is 2. The number of nitrogens with one attached hydrogen (secondary N) is 1. The Balaban J connectivity index is 2.01. The highest BCUT2D eigenvalue weighted by molar-refractivity contribution is 6.05. The summed E-state index contributed by atoms with van der Waals surface area (Å²) in [5.74, 6) is 0.183. The van der Waals surface area contributed by atoms with Crippen LogP contribution in [-0.2, 0) is 6.54 Å². The lowest BCUT2D eigenvalue weighted by Gasteiger charge is -2.21. The SMILES string of the molecule is Cc1cnoc1C(=O)N1CCNCc2ccccc21. The van der Waals surface area contributed by atoms with Crippen LogP contribution in [0.5, 0.6) is 0 Å². The number of rotatable bonds is 1. The van der Waals surface area contributed by atoms with E-state index >= 15 is 0 Å². The van der Waals surface area contributed by atoms with Crippen LogP contribution in [0.3, 0.4) is 0 Å². The van der Waals surface area contributed by atoms with Crippen LogP contribution in [0.4, 0.5) is 5.69 Å². The van der Waals surface area contributed by atoms with Crippen molar-refractivity contribution in [3.05, 3.63) is 47.3 Å². The van der Waals surface area contributed by atoms with Gasteiger partial charge in [-0.05, 0) is 18.6 Å². The van der Waals surface area contributed by atoms with Crippen molar-refractivity contribution in [1.82, 2.24) is 10.5 Å². The van der Waals surface area contributed by atoms with Gasteiger partial charge in [0.15, 0.2) is 0 Å². The van der Waals surface area contributed by atoms with Crippen molar-refractivity contribution in [3.63, 3.8) is 0 Å². The van der Waals surface area contributed by atoms with Crippen LogP contribution in [0.25, 0.3) is 0 Å². The van der Waals surface area contributed by atoms with Gasteiger partial charge in [-0.1, -0.05) is 23.4 Å². The van der Waals surface area contributed by atoms with E-state index in [9.17, 15) is 4.79 Å². The number of fused-ring (bicyclic) bond motifs is 1. The zero-order valence-corrected chi connectivity index (χ0v) is 10.7. The van der Waals surface area contributed by atoms with Crippen LogP contribution in [0.1, 0.15) is 21.7 Å². The Kier molecular flexibility index (Phi) is 3.05. The average molecular weight is 257 g/mol. The number of hydrogen-bond acceptors (Lipinski definition) is 4. The molecule has 0 spiro atoms. The minimum Gasteiger partial charge on any atom is -0.351 e. The third kappa shape index (κ3) is 2.13. The standard InChI is InChI=1S/C14H15N3O2/c1-10-8-16-19-13(10)14(18)17-7-6-15-9-11-4-2-3-5-12(11)17/h2-5,8,15H,6-7,9H2,1H3. The van der Waals surface area contributed by atoms with Gasteiger partial charge in [-0.2, -0.15) is 0 Å². The first-order valence-electron chi connectivity index (χ1n) is 6.29. The highest BCUT2D eigenvalue weighted by atomic mass is 16.5. The van der Waals surface area contributed by atoms with Crippen LogP contribution in [0.2, 0.25) is 0 Å². The van der Waals surface area contributed by atoms with Crippen molar-refractivity contribution < 1.29 is 9.32 Å². The molecule has 1 aromatic carbocycles. The van der Waals surface area contributed by atoms with E-state index < -0.39 is 0 Å². The molecule has 1 aliphatic rings. The first-order valence-corrected chi connectivity index (χ1v) is 6.29. The normalized spacial score (nSPS) is 14.9. The minimum absolute atomic E-state index is 0.133. The van der Waals surface area contributed by atoms with E-state index in [-0.39, 0.29) is 5.91 Å². The second-order valence-electron chi connectivity index (χ2n) is 4.60. The Labute approximate surface area is 111 Å². The van der Waals surface area contributed by atoms with Gasteiger partial charge in [-0.25, -0.2) is 0 Å². The molecular weight excluding hydrogens is 242 g/mol. The lowest BCUT2D eigenvalue weighted by atomic mass is 10.1. The Morgan fingerprint density at radius 1 is 1.42 bits per heavy atom. The molecule has 5 nitrogen and oxygen atoms in total. The summed E-state index contributed by atoms with van der Waals surface area (Å²) in [6.07, 6.45) is 1.56. The summed E-state index contributed by atoms with van der Waals surface area (Å²) in [7, 11) is 0. The molecule has 0 atom stereocenters. The number of carbonyl (C=O) groups excluding carboxylic acids is 1. The monoisotopic (exact) mass is 257 g/mol. The molecule has 2 heterocycles. The fourth-order valence-electron chi connectivity index (χ4n) is 2.29. The van der Waals surface area contributed by atoms with Crippen LogP contribution in [0, 0.1) is 6.92 Å². The van der Waals surface area contributed by atoms with Gasteiger partial charge in [0.2, 0.25) is 5.76 Å². The Morgan fingerprint density at radius 3 is 3.05 bits per heavy atom. The van der Waals surface area contributed by atoms with E-state index in [1.165, 1.54) is 0 Å². The number of aryl methyl sites for hydroxylation is 1. The largest absolute Gasteiger partial charge is 0.351 e. The number of anilines is 1. The average Bonchev–Trinajstić information content (AvgIpc) is 2.74. The minimum atomic E-state index is -0.133. The topological polar surface area (TPSA) is 58.4 Å². The molecule has 0 bridgehead atoms. The van der Waals surface area contributed by atoms with Gasteiger partial charge < -0.3 is 14.7 Å². The third-order valence-corrected chi connectivity index (χ3v) is 3.30. The van der Waals surface area contributed by atoms with Crippen LogP contribution in [-0.4, -0.2) is 24.2 Å². The van der Waals surface area contributed by atoms with E-state index in [1.807, 2.05) is 31.2 Å². The lowest BCUT2D eigenvalue weighted by molar-refractivity contribution is 0.0951. The zero-order valence-electron chi connectivity index (χ0n) is 10.7. The first-order chi connectivity index (χ1) is 9.27. The van der Waals surface area contributed by atoms with E-state index in [2.05, 4.69) is 10.5 Å². The molecular formula is C14H15N3O2. The summed E-state index contributed by atoms with van der Waals surface area (Å²) in [4.78, 5) is 14.3. The number of aromatic nitrogens is 1. The highest BCUT2D eigenvalue weighted by Gasteiger charge is 2.25. The Bertz CT molecular complexity index is 606. The van der Waals surface area contributed by atoms with Gasteiger partial charge in [0.05, 0.1) is 6.20 Å². The summed E-state index contributed by atoms with van der Waals surface area (Å²) in [5.41, 5.74) is 2.82. The summed E-state index contributed by atoms with van der Waals surface area (Å²) >= 11 is 0. The summed E-state index contributed by atoms with van der Waals surface area (Å²) < 4.78 is 5.07. The fraction of sp³-hybridized carbons (Fsp3) is 0.286. The Morgan fingerprint density at radius 2 is 2.26 bits per heavy atom. The molecule has 5 heteroatoms. The molecule has 19 heavy (non-hydrogen) atoms. The molecule has 0 saturated heterocycles. The quantitative estimate of drug-likeness (QED) is 0.845. The van der Waals surface area contributed by atoms with Crippen molar-refractivity contribution in [2.45, 2.75) is 13.5 Å². The van der Waals surface area contributed by atoms with Crippen molar-refractivity contribution >= 4 is 11.6 Å². The van der Waals surface area contributed by atoms with Gasteiger partial charge in [0, 0.05) is 30.9 Å². The van der Waals surface area contributed by atoms with Gasteiger partial charge in [-0.3, -0.25) is 4.79 Å². The second-order valence-corrected chi connectivity index (χ2v) is 4.60. The molecule has 1 amide bonds. The molecule has 3 rings (SSSR count). The van der Waals surface area contributed by atoms with Crippen molar-refractivity contribution in [2.75, 3.05) is 18.0 Å². The number of amides is 1. The lowest BCUT2D eigenvalue weighted by Crippen LogP contribution is -2.34. The summed E-state index contributed by atoms with van der Waals surface area (Å²) in [5, 5.41) is 6.99. The van der Waals surface area contributed by atoms with Crippen molar-refractivity contribution in [2.24, 2.45) is 0 Å². The molecule has 98 valence electrons. The molecule has 1 N–H and O–H groups in total.